The van der Waals surface area contributed by atoms with E-state index in [4.69, 9.17) is 0 Å². The average Bonchev–Trinajstić information content (AvgIpc) is 2.73. The molecule has 0 spiro atoms. The number of carbonyl (C=O) groups excluding carboxylic acids is 1. The molecule has 0 amide bonds. The summed E-state index contributed by atoms with van der Waals surface area (Å²) in [5.41, 5.74) is 3.27. The number of aryl methyl sites for hydroxylation is 1. The van der Waals surface area contributed by atoms with Crippen molar-refractivity contribution in [1.29, 1.82) is 0 Å². The molecule has 0 fully saturated rings. The Bertz CT molecular complexity index is 1220. The molecule has 4 rings (SSSR count). The highest BCUT2D eigenvalue weighted by Gasteiger charge is 2.13. The first-order chi connectivity index (χ1) is 14.1. The van der Waals surface area contributed by atoms with Crippen molar-refractivity contribution in [2.45, 2.75) is 19.8 Å². The van der Waals surface area contributed by atoms with Crippen molar-refractivity contribution in [3.63, 3.8) is 0 Å². The van der Waals surface area contributed by atoms with Crippen LogP contribution in [0.5, 0.6) is 0 Å². The monoisotopic (exact) mass is 383 g/mol. The van der Waals surface area contributed by atoms with Gasteiger partial charge in [0.1, 0.15) is 11.6 Å². The van der Waals surface area contributed by atoms with Crippen LogP contribution in [0.1, 0.15) is 19.0 Å². The molecule has 5 heteroatoms. The van der Waals surface area contributed by atoms with E-state index in [2.05, 4.69) is 10.3 Å². The molecule has 0 unspecified atom stereocenters. The highest BCUT2D eigenvalue weighted by molar-refractivity contribution is 5.84. The van der Waals surface area contributed by atoms with E-state index in [1.54, 1.807) is 19.2 Å². The van der Waals surface area contributed by atoms with E-state index in [-0.39, 0.29) is 11.2 Å². The van der Waals surface area contributed by atoms with Gasteiger partial charge in [0.2, 0.25) is 0 Å². The summed E-state index contributed by atoms with van der Waals surface area (Å²) in [5, 5.41) is 3.90. The first-order valence-electron chi connectivity index (χ1n) is 9.53. The second-order valence-corrected chi connectivity index (χ2v) is 6.95. The Morgan fingerprint density at radius 3 is 2.38 bits per heavy atom. The number of anilines is 2. The number of rotatable bonds is 6. The van der Waals surface area contributed by atoms with Gasteiger partial charge in [0.15, 0.2) is 5.43 Å². The maximum Gasteiger partial charge on any atom is 0.193 e. The maximum absolute atomic E-state index is 12.8. The number of nitrogens with one attached hydrogen (secondary N) is 1. The average molecular weight is 383 g/mol. The smallest absolute Gasteiger partial charge is 0.193 e. The fourth-order valence-corrected chi connectivity index (χ4v) is 3.31. The minimum Gasteiger partial charge on any atom is -0.341 e. The molecular weight excluding hydrogens is 362 g/mol. The topological polar surface area (TPSA) is 64.0 Å². The number of fused-ring (bicyclic) bond motifs is 1. The fourth-order valence-electron chi connectivity index (χ4n) is 3.31. The third-order valence-corrected chi connectivity index (χ3v) is 4.75. The summed E-state index contributed by atoms with van der Waals surface area (Å²) in [6.45, 7) is 1.57. The predicted octanol–water partition coefficient (Wildman–Crippen LogP) is 4.65. The van der Waals surface area contributed by atoms with Gasteiger partial charge in [-0.3, -0.25) is 14.3 Å². The highest BCUT2D eigenvalue weighted by atomic mass is 16.1. The van der Waals surface area contributed by atoms with Crippen LogP contribution in [-0.2, 0) is 11.2 Å². The number of Topliss-reactive ketones (excluding diaryl/α,β-unsaturated/α-hetero) is 1. The molecule has 0 aliphatic carbocycles. The van der Waals surface area contributed by atoms with Crippen molar-refractivity contribution in [3.05, 3.63) is 94.9 Å². The number of ketones is 1. The van der Waals surface area contributed by atoms with Gasteiger partial charge in [0, 0.05) is 35.8 Å². The Morgan fingerprint density at radius 2 is 1.69 bits per heavy atom. The number of hydrogen-bond donors (Lipinski definition) is 1. The van der Waals surface area contributed by atoms with E-state index in [1.165, 1.54) is 0 Å². The number of aromatic nitrogens is 2. The number of carbonyl (C=O) groups is 1. The molecule has 1 N–H and O–H groups in total. The van der Waals surface area contributed by atoms with Gasteiger partial charge in [0.05, 0.1) is 10.9 Å². The van der Waals surface area contributed by atoms with Gasteiger partial charge < -0.3 is 10.1 Å². The summed E-state index contributed by atoms with van der Waals surface area (Å²) in [5.74, 6) is 0.787. The third-order valence-electron chi connectivity index (χ3n) is 4.75. The highest BCUT2D eigenvalue weighted by Crippen LogP contribution is 2.25. The maximum atomic E-state index is 12.8. The molecule has 0 aliphatic heterocycles. The van der Waals surface area contributed by atoms with Crippen molar-refractivity contribution in [2.24, 2.45) is 0 Å². The minimum atomic E-state index is -0.101. The Balaban J connectivity index is 1.93. The summed E-state index contributed by atoms with van der Waals surface area (Å²) in [6.07, 6.45) is 2.58. The van der Waals surface area contributed by atoms with E-state index in [9.17, 15) is 9.59 Å². The van der Waals surface area contributed by atoms with E-state index in [0.717, 1.165) is 22.6 Å². The van der Waals surface area contributed by atoms with Gasteiger partial charge in [-0.25, -0.2) is 0 Å². The molecule has 5 nitrogen and oxygen atoms in total. The lowest BCUT2D eigenvalue weighted by molar-refractivity contribution is -0.116. The summed E-state index contributed by atoms with van der Waals surface area (Å²) >= 11 is 0. The lowest BCUT2D eigenvalue weighted by Crippen LogP contribution is -2.13. The van der Waals surface area contributed by atoms with Crippen LogP contribution < -0.4 is 10.7 Å². The molecule has 0 bridgehead atoms. The van der Waals surface area contributed by atoms with E-state index >= 15 is 0 Å². The zero-order valence-electron chi connectivity index (χ0n) is 16.1. The Labute approximate surface area is 168 Å². The van der Waals surface area contributed by atoms with E-state index in [1.807, 2.05) is 71.3 Å². The standard InChI is InChI=1S/C24H21N3O2/c1-17(28)12-13-19-14-22-21(16-25-19)23(29)15-24(26-18-8-4-2-5-9-18)27(22)20-10-6-3-7-11-20/h2-11,14-16,26H,12-13H2,1H3. The molecule has 0 saturated heterocycles. The Morgan fingerprint density at radius 1 is 1.00 bits per heavy atom. The van der Waals surface area contributed by atoms with Crippen LogP contribution in [0.4, 0.5) is 11.5 Å². The minimum absolute atomic E-state index is 0.101. The molecule has 0 radical (unpaired) electrons. The van der Waals surface area contributed by atoms with Crippen LogP contribution >= 0.6 is 0 Å². The molecule has 2 aromatic heterocycles. The zero-order chi connectivity index (χ0) is 20.2. The van der Waals surface area contributed by atoms with Gasteiger partial charge in [0.25, 0.3) is 0 Å². The first kappa shape index (κ1) is 18.6. The molecule has 0 aliphatic rings. The van der Waals surface area contributed by atoms with Crippen LogP contribution in [0.3, 0.4) is 0 Å². The van der Waals surface area contributed by atoms with Crippen LogP contribution in [0.25, 0.3) is 16.6 Å². The van der Waals surface area contributed by atoms with Crippen molar-refractivity contribution in [3.8, 4) is 5.69 Å². The number of benzene rings is 2. The molecule has 2 aromatic carbocycles. The summed E-state index contributed by atoms with van der Waals surface area (Å²) < 4.78 is 2.02. The summed E-state index contributed by atoms with van der Waals surface area (Å²) in [7, 11) is 0. The molecule has 0 saturated carbocycles. The van der Waals surface area contributed by atoms with Gasteiger partial charge >= 0.3 is 0 Å². The lowest BCUT2D eigenvalue weighted by atomic mass is 10.1. The summed E-state index contributed by atoms with van der Waals surface area (Å²) in [4.78, 5) is 28.6. The van der Waals surface area contributed by atoms with Gasteiger partial charge in [-0.2, -0.15) is 0 Å². The Hall–Kier alpha value is -3.73. The van der Waals surface area contributed by atoms with Gasteiger partial charge in [-0.15, -0.1) is 0 Å². The second-order valence-electron chi connectivity index (χ2n) is 6.95. The largest absolute Gasteiger partial charge is 0.341 e. The quantitative estimate of drug-likeness (QED) is 0.526. The van der Waals surface area contributed by atoms with E-state index in [0.29, 0.717) is 24.0 Å². The zero-order valence-corrected chi connectivity index (χ0v) is 16.1. The van der Waals surface area contributed by atoms with Crippen molar-refractivity contribution >= 4 is 28.2 Å². The Kier molecular flexibility index (Phi) is 5.20. The van der Waals surface area contributed by atoms with Gasteiger partial charge in [-0.1, -0.05) is 36.4 Å². The number of pyridine rings is 2. The van der Waals surface area contributed by atoms with Gasteiger partial charge in [-0.05, 0) is 43.7 Å². The molecule has 0 atom stereocenters. The normalized spacial score (nSPS) is 10.8. The van der Waals surface area contributed by atoms with Crippen molar-refractivity contribution in [1.82, 2.24) is 9.55 Å². The van der Waals surface area contributed by atoms with Crippen LogP contribution in [0, 0.1) is 0 Å². The van der Waals surface area contributed by atoms with Crippen LogP contribution in [0.15, 0.2) is 83.8 Å². The number of para-hydroxylation sites is 2. The lowest BCUT2D eigenvalue weighted by Gasteiger charge is -2.18. The first-order valence-corrected chi connectivity index (χ1v) is 9.53. The molecule has 2 heterocycles. The summed E-state index contributed by atoms with van der Waals surface area (Å²) in [6, 6.07) is 23.1. The number of hydrogen-bond acceptors (Lipinski definition) is 4. The third kappa shape index (κ3) is 4.09. The van der Waals surface area contributed by atoms with Crippen molar-refractivity contribution in [2.75, 3.05) is 5.32 Å². The predicted molar refractivity (Wildman–Crippen MR) is 116 cm³/mol. The SMILES string of the molecule is CC(=O)CCc1cc2c(cn1)c(=O)cc(Nc1ccccc1)n2-c1ccccc1. The van der Waals surface area contributed by atoms with Crippen molar-refractivity contribution < 1.29 is 4.79 Å². The molecule has 144 valence electrons. The molecule has 4 aromatic rings. The number of nitrogens with zero attached hydrogens (tertiary/aromatic N) is 2. The second kappa shape index (κ2) is 8.10. The van der Waals surface area contributed by atoms with Crippen LogP contribution in [0.2, 0.25) is 0 Å². The molecular formula is C24H21N3O2. The van der Waals surface area contributed by atoms with Crippen LogP contribution in [-0.4, -0.2) is 15.3 Å². The molecule has 29 heavy (non-hydrogen) atoms. The van der Waals surface area contributed by atoms with E-state index < -0.39 is 0 Å². The fraction of sp³-hybridized carbons (Fsp3) is 0.125.